The summed E-state index contributed by atoms with van der Waals surface area (Å²) in [5, 5.41) is 3.15. The molecule has 0 bridgehead atoms. The molecular formula is C15H11ClFNO. The molecule has 0 spiro atoms. The van der Waals surface area contributed by atoms with Gasteiger partial charge >= 0.3 is 0 Å². The number of fused-ring (bicyclic) bond motifs is 1. The van der Waals surface area contributed by atoms with Crippen molar-refractivity contribution in [2.75, 3.05) is 6.54 Å². The zero-order valence-corrected chi connectivity index (χ0v) is 10.8. The number of rotatable bonds is 1. The van der Waals surface area contributed by atoms with Crippen LogP contribution >= 0.6 is 11.6 Å². The molecule has 0 saturated carbocycles. The minimum absolute atomic E-state index is 0.0996. The van der Waals surface area contributed by atoms with Crippen LogP contribution in [0.3, 0.4) is 0 Å². The van der Waals surface area contributed by atoms with E-state index in [-0.39, 0.29) is 11.7 Å². The Hall–Kier alpha value is -1.87. The average molecular weight is 276 g/mol. The SMILES string of the molecule is O=C1NCCc2ccc(-c3ccc(Cl)cc3F)cc21. The van der Waals surface area contributed by atoms with Crippen LogP contribution in [0.25, 0.3) is 11.1 Å². The van der Waals surface area contributed by atoms with Gasteiger partial charge in [-0.2, -0.15) is 0 Å². The lowest BCUT2D eigenvalue weighted by atomic mass is 9.95. The van der Waals surface area contributed by atoms with Crippen molar-refractivity contribution < 1.29 is 9.18 Å². The lowest BCUT2D eigenvalue weighted by molar-refractivity contribution is 0.0946. The van der Waals surface area contributed by atoms with Crippen LogP contribution < -0.4 is 5.32 Å². The molecule has 96 valence electrons. The first kappa shape index (κ1) is 12.2. The molecule has 0 fully saturated rings. The quantitative estimate of drug-likeness (QED) is 0.849. The number of nitrogens with one attached hydrogen (secondary N) is 1. The van der Waals surface area contributed by atoms with Gasteiger partial charge in [0.05, 0.1) is 0 Å². The molecule has 1 heterocycles. The third-order valence-corrected chi connectivity index (χ3v) is 3.51. The maximum Gasteiger partial charge on any atom is 0.251 e. The highest BCUT2D eigenvalue weighted by molar-refractivity contribution is 6.30. The van der Waals surface area contributed by atoms with E-state index >= 15 is 0 Å². The molecule has 2 aromatic carbocycles. The van der Waals surface area contributed by atoms with E-state index in [0.717, 1.165) is 12.0 Å². The molecule has 1 aliphatic rings. The van der Waals surface area contributed by atoms with E-state index < -0.39 is 0 Å². The highest BCUT2D eigenvalue weighted by Crippen LogP contribution is 2.28. The van der Waals surface area contributed by atoms with Gasteiger partial charge in [0.25, 0.3) is 5.91 Å². The highest BCUT2D eigenvalue weighted by Gasteiger charge is 2.17. The number of carbonyl (C=O) groups is 1. The molecule has 0 atom stereocenters. The number of hydrogen-bond donors (Lipinski definition) is 1. The molecule has 0 unspecified atom stereocenters. The molecule has 0 aliphatic carbocycles. The zero-order chi connectivity index (χ0) is 13.4. The van der Waals surface area contributed by atoms with Gasteiger partial charge in [0.15, 0.2) is 0 Å². The Labute approximate surface area is 115 Å². The second-order valence-corrected chi connectivity index (χ2v) is 4.94. The van der Waals surface area contributed by atoms with Gasteiger partial charge in [-0.1, -0.05) is 23.7 Å². The Morgan fingerprint density at radius 1 is 1.11 bits per heavy atom. The van der Waals surface area contributed by atoms with Crippen molar-refractivity contribution in [3.05, 3.63) is 58.4 Å². The Morgan fingerprint density at radius 2 is 1.95 bits per heavy atom. The summed E-state index contributed by atoms with van der Waals surface area (Å²) in [5.41, 5.74) is 2.76. The molecule has 0 radical (unpaired) electrons. The van der Waals surface area contributed by atoms with Crippen molar-refractivity contribution in [2.24, 2.45) is 0 Å². The molecule has 0 saturated heterocycles. The summed E-state index contributed by atoms with van der Waals surface area (Å²) in [4.78, 5) is 11.8. The summed E-state index contributed by atoms with van der Waals surface area (Å²) in [6.45, 7) is 0.653. The molecule has 1 aliphatic heterocycles. The molecule has 3 rings (SSSR count). The molecular weight excluding hydrogens is 265 g/mol. The molecule has 0 aromatic heterocycles. The molecule has 1 N–H and O–H groups in total. The van der Waals surface area contributed by atoms with Crippen LogP contribution in [0.1, 0.15) is 15.9 Å². The number of amides is 1. The zero-order valence-electron chi connectivity index (χ0n) is 10.0. The number of hydrogen-bond acceptors (Lipinski definition) is 1. The standard InChI is InChI=1S/C15H11ClFNO/c16-11-3-4-12(14(17)8-11)10-2-1-9-5-6-18-15(19)13(9)7-10/h1-4,7-8H,5-6H2,(H,18,19). The summed E-state index contributed by atoms with van der Waals surface area (Å²) in [6, 6.07) is 9.99. The first-order valence-electron chi connectivity index (χ1n) is 6.02. The second-order valence-electron chi connectivity index (χ2n) is 4.50. The van der Waals surface area contributed by atoms with E-state index in [1.807, 2.05) is 12.1 Å². The number of halogens is 2. The lowest BCUT2D eigenvalue weighted by Crippen LogP contribution is -2.31. The third-order valence-electron chi connectivity index (χ3n) is 3.28. The molecule has 2 aromatic rings. The van der Waals surface area contributed by atoms with Gasteiger partial charge in [-0.05, 0) is 41.8 Å². The van der Waals surface area contributed by atoms with Crippen LogP contribution in [-0.4, -0.2) is 12.5 Å². The minimum Gasteiger partial charge on any atom is -0.352 e. The van der Waals surface area contributed by atoms with Gasteiger partial charge in [-0.3, -0.25) is 4.79 Å². The van der Waals surface area contributed by atoms with Crippen LogP contribution in [0.2, 0.25) is 5.02 Å². The van der Waals surface area contributed by atoms with Gasteiger partial charge in [-0.25, -0.2) is 4.39 Å². The predicted molar refractivity (Wildman–Crippen MR) is 72.9 cm³/mol. The third kappa shape index (κ3) is 2.22. The van der Waals surface area contributed by atoms with E-state index in [1.165, 1.54) is 6.07 Å². The van der Waals surface area contributed by atoms with Crippen molar-refractivity contribution in [1.82, 2.24) is 5.32 Å². The minimum atomic E-state index is -0.385. The predicted octanol–water partition coefficient (Wildman–Crippen LogP) is 3.43. The first-order chi connectivity index (χ1) is 9.15. The maximum atomic E-state index is 13.9. The Morgan fingerprint density at radius 3 is 2.74 bits per heavy atom. The van der Waals surface area contributed by atoms with Crippen LogP contribution in [-0.2, 0) is 6.42 Å². The number of benzene rings is 2. The Kier molecular flexibility index (Phi) is 2.99. The van der Waals surface area contributed by atoms with E-state index in [9.17, 15) is 9.18 Å². The van der Waals surface area contributed by atoms with Crippen molar-refractivity contribution in [3.8, 4) is 11.1 Å². The van der Waals surface area contributed by atoms with Gasteiger partial charge in [0.2, 0.25) is 0 Å². The molecule has 2 nitrogen and oxygen atoms in total. The van der Waals surface area contributed by atoms with Gasteiger partial charge in [-0.15, -0.1) is 0 Å². The van der Waals surface area contributed by atoms with Crippen molar-refractivity contribution >= 4 is 17.5 Å². The molecule has 1 amide bonds. The highest BCUT2D eigenvalue weighted by atomic mass is 35.5. The van der Waals surface area contributed by atoms with Crippen LogP contribution in [0.15, 0.2) is 36.4 Å². The number of carbonyl (C=O) groups excluding carboxylic acids is 1. The van der Waals surface area contributed by atoms with Gasteiger partial charge in [0.1, 0.15) is 5.82 Å². The molecule has 19 heavy (non-hydrogen) atoms. The maximum absolute atomic E-state index is 13.9. The fourth-order valence-electron chi connectivity index (χ4n) is 2.30. The normalized spacial score (nSPS) is 13.9. The summed E-state index contributed by atoms with van der Waals surface area (Å²) < 4.78 is 13.9. The van der Waals surface area contributed by atoms with Crippen LogP contribution in [0.5, 0.6) is 0 Å². The fraction of sp³-hybridized carbons (Fsp3) is 0.133. The van der Waals surface area contributed by atoms with E-state index in [1.54, 1.807) is 18.2 Å². The van der Waals surface area contributed by atoms with Gasteiger partial charge < -0.3 is 5.32 Å². The Balaban J connectivity index is 2.11. The van der Waals surface area contributed by atoms with Crippen molar-refractivity contribution in [1.29, 1.82) is 0 Å². The van der Waals surface area contributed by atoms with Crippen LogP contribution in [0, 0.1) is 5.82 Å². The summed E-state index contributed by atoms with van der Waals surface area (Å²) >= 11 is 5.74. The van der Waals surface area contributed by atoms with E-state index in [2.05, 4.69) is 5.32 Å². The average Bonchev–Trinajstić information content (AvgIpc) is 2.39. The molecule has 4 heteroatoms. The van der Waals surface area contributed by atoms with Crippen molar-refractivity contribution in [2.45, 2.75) is 6.42 Å². The monoisotopic (exact) mass is 275 g/mol. The van der Waals surface area contributed by atoms with E-state index in [0.29, 0.717) is 28.3 Å². The smallest absolute Gasteiger partial charge is 0.251 e. The fourth-order valence-corrected chi connectivity index (χ4v) is 2.46. The first-order valence-corrected chi connectivity index (χ1v) is 6.39. The van der Waals surface area contributed by atoms with Crippen LogP contribution in [0.4, 0.5) is 4.39 Å². The van der Waals surface area contributed by atoms with E-state index in [4.69, 9.17) is 11.6 Å². The summed E-state index contributed by atoms with van der Waals surface area (Å²) in [6.07, 6.45) is 0.810. The van der Waals surface area contributed by atoms with Gasteiger partial charge in [0, 0.05) is 22.7 Å². The largest absolute Gasteiger partial charge is 0.352 e. The van der Waals surface area contributed by atoms with Crippen molar-refractivity contribution in [3.63, 3.8) is 0 Å². The lowest BCUT2D eigenvalue weighted by Gasteiger charge is -2.17. The second kappa shape index (κ2) is 4.67. The topological polar surface area (TPSA) is 29.1 Å². The summed E-state index contributed by atoms with van der Waals surface area (Å²) in [5.74, 6) is -0.485. The summed E-state index contributed by atoms with van der Waals surface area (Å²) in [7, 11) is 0. The Bertz CT molecular complexity index is 669.